The van der Waals surface area contributed by atoms with Gasteiger partial charge in [-0.1, -0.05) is 11.6 Å². The maximum atomic E-state index is 12.2. The number of rotatable bonds is 2. The van der Waals surface area contributed by atoms with E-state index in [1.807, 2.05) is 0 Å². The molecule has 0 saturated carbocycles. The SMILES string of the molecule is CCOC(=O)C1(C)c2cc(Cl)ccc2OC1(C)O. The predicted molar refractivity (Wildman–Crippen MR) is 66.7 cm³/mol. The number of hydrogen-bond donors (Lipinski definition) is 1. The van der Waals surface area contributed by atoms with Crippen molar-refractivity contribution in [1.82, 2.24) is 0 Å². The van der Waals surface area contributed by atoms with Crippen molar-refractivity contribution in [2.75, 3.05) is 6.61 Å². The Morgan fingerprint density at radius 2 is 2.17 bits per heavy atom. The summed E-state index contributed by atoms with van der Waals surface area (Å²) in [6.45, 7) is 4.98. The van der Waals surface area contributed by atoms with E-state index in [9.17, 15) is 9.90 Å². The molecule has 0 radical (unpaired) electrons. The van der Waals surface area contributed by atoms with Gasteiger partial charge in [0.1, 0.15) is 5.75 Å². The molecule has 1 aliphatic rings. The van der Waals surface area contributed by atoms with E-state index < -0.39 is 17.2 Å². The van der Waals surface area contributed by atoms with Crippen LogP contribution in [0.1, 0.15) is 26.3 Å². The highest BCUT2D eigenvalue weighted by Crippen LogP contribution is 2.49. The molecule has 4 nitrogen and oxygen atoms in total. The standard InChI is InChI=1S/C13H15ClO4/c1-4-17-11(15)12(2)9-7-8(14)5-6-10(9)18-13(12,3)16/h5-7,16H,4H2,1-3H3. The first kappa shape index (κ1) is 13.2. The first-order valence-electron chi connectivity index (χ1n) is 5.71. The predicted octanol–water partition coefficient (Wildman–Crippen LogP) is 2.26. The lowest BCUT2D eigenvalue weighted by Gasteiger charge is -2.32. The van der Waals surface area contributed by atoms with E-state index in [-0.39, 0.29) is 6.61 Å². The molecule has 18 heavy (non-hydrogen) atoms. The van der Waals surface area contributed by atoms with Gasteiger partial charge >= 0.3 is 5.97 Å². The van der Waals surface area contributed by atoms with Gasteiger partial charge in [0.05, 0.1) is 6.61 Å². The van der Waals surface area contributed by atoms with E-state index in [4.69, 9.17) is 21.1 Å². The van der Waals surface area contributed by atoms with Crippen LogP contribution in [0.15, 0.2) is 18.2 Å². The molecule has 0 aromatic heterocycles. The summed E-state index contributed by atoms with van der Waals surface area (Å²) in [5.41, 5.74) is -0.748. The summed E-state index contributed by atoms with van der Waals surface area (Å²) in [5, 5.41) is 10.8. The summed E-state index contributed by atoms with van der Waals surface area (Å²) in [7, 11) is 0. The van der Waals surface area contributed by atoms with Crippen LogP contribution in [-0.2, 0) is 14.9 Å². The van der Waals surface area contributed by atoms with Crippen LogP contribution in [0.4, 0.5) is 0 Å². The molecule has 0 bridgehead atoms. The maximum Gasteiger partial charge on any atom is 0.323 e. The monoisotopic (exact) mass is 270 g/mol. The molecule has 1 aromatic rings. The maximum absolute atomic E-state index is 12.2. The molecule has 5 heteroatoms. The number of carbonyl (C=O) groups is 1. The van der Waals surface area contributed by atoms with Crippen molar-refractivity contribution in [3.05, 3.63) is 28.8 Å². The average Bonchev–Trinajstić information content (AvgIpc) is 2.49. The van der Waals surface area contributed by atoms with Crippen LogP contribution < -0.4 is 4.74 Å². The fraction of sp³-hybridized carbons (Fsp3) is 0.462. The Hall–Kier alpha value is -1.26. The molecular weight excluding hydrogens is 256 g/mol. The number of esters is 1. The molecule has 98 valence electrons. The Morgan fingerprint density at radius 3 is 2.78 bits per heavy atom. The third-order valence-corrected chi connectivity index (χ3v) is 3.64. The molecule has 1 N–H and O–H groups in total. The minimum Gasteiger partial charge on any atom is -0.465 e. The summed E-state index contributed by atoms with van der Waals surface area (Å²) < 4.78 is 10.5. The Bertz CT molecular complexity index is 498. The minimum absolute atomic E-state index is 0.237. The third kappa shape index (κ3) is 1.68. The van der Waals surface area contributed by atoms with E-state index in [2.05, 4.69) is 0 Å². The summed E-state index contributed by atoms with van der Waals surface area (Å²) >= 11 is 5.94. The van der Waals surface area contributed by atoms with Crippen molar-refractivity contribution in [2.24, 2.45) is 0 Å². The lowest BCUT2D eigenvalue weighted by molar-refractivity contribution is -0.186. The lowest BCUT2D eigenvalue weighted by atomic mass is 9.77. The van der Waals surface area contributed by atoms with Gasteiger partial charge in [-0.25, -0.2) is 0 Å². The third-order valence-electron chi connectivity index (χ3n) is 3.40. The van der Waals surface area contributed by atoms with Crippen LogP contribution >= 0.6 is 11.6 Å². The van der Waals surface area contributed by atoms with Crippen molar-refractivity contribution < 1.29 is 19.4 Å². The van der Waals surface area contributed by atoms with Crippen LogP contribution in [0.5, 0.6) is 5.75 Å². The van der Waals surface area contributed by atoms with Crippen molar-refractivity contribution in [3.8, 4) is 5.75 Å². The van der Waals surface area contributed by atoms with Crippen LogP contribution in [0.2, 0.25) is 5.02 Å². The summed E-state index contributed by atoms with van der Waals surface area (Å²) in [4.78, 5) is 12.2. The number of ether oxygens (including phenoxy) is 2. The second kappa shape index (κ2) is 4.14. The zero-order chi connectivity index (χ0) is 13.6. The van der Waals surface area contributed by atoms with Crippen LogP contribution in [0.3, 0.4) is 0 Å². The Kier molecular flexibility index (Phi) is 3.03. The van der Waals surface area contributed by atoms with Gasteiger partial charge in [0.15, 0.2) is 5.41 Å². The fourth-order valence-corrected chi connectivity index (χ4v) is 2.29. The smallest absolute Gasteiger partial charge is 0.323 e. The quantitative estimate of drug-likeness (QED) is 0.838. The van der Waals surface area contributed by atoms with E-state index in [0.29, 0.717) is 16.3 Å². The zero-order valence-corrected chi connectivity index (χ0v) is 11.2. The van der Waals surface area contributed by atoms with Gasteiger partial charge in [-0.2, -0.15) is 0 Å². The van der Waals surface area contributed by atoms with Gasteiger partial charge in [0.25, 0.3) is 0 Å². The average molecular weight is 271 g/mol. The number of hydrogen-bond acceptors (Lipinski definition) is 4. The Balaban J connectivity index is 2.58. The normalized spacial score (nSPS) is 29.6. The Morgan fingerprint density at radius 1 is 1.50 bits per heavy atom. The fourth-order valence-electron chi connectivity index (χ4n) is 2.12. The molecule has 1 aromatic carbocycles. The molecule has 0 fully saturated rings. The molecule has 0 aliphatic carbocycles. The highest BCUT2D eigenvalue weighted by molar-refractivity contribution is 6.30. The minimum atomic E-state index is -1.66. The highest BCUT2D eigenvalue weighted by atomic mass is 35.5. The number of benzene rings is 1. The molecule has 0 saturated heterocycles. The molecule has 1 aliphatic heterocycles. The second-order valence-corrected chi connectivity index (χ2v) is 5.01. The molecule has 2 unspecified atom stereocenters. The summed E-state index contributed by atoms with van der Waals surface area (Å²) in [5.74, 6) is -1.75. The lowest BCUT2D eigenvalue weighted by Crippen LogP contribution is -2.53. The van der Waals surface area contributed by atoms with Crippen LogP contribution in [0, 0.1) is 0 Å². The molecule has 2 atom stereocenters. The van der Waals surface area contributed by atoms with Gasteiger partial charge in [0.2, 0.25) is 5.79 Å². The molecular formula is C13H15ClO4. The summed E-state index contributed by atoms with van der Waals surface area (Å²) in [6.07, 6.45) is 0. The number of aliphatic hydroxyl groups is 1. The topological polar surface area (TPSA) is 55.8 Å². The van der Waals surface area contributed by atoms with E-state index in [0.717, 1.165) is 0 Å². The van der Waals surface area contributed by atoms with Crippen molar-refractivity contribution in [3.63, 3.8) is 0 Å². The van der Waals surface area contributed by atoms with Gasteiger partial charge in [-0.3, -0.25) is 4.79 Å². The van der Waals surface area contributed by atoms with Gasteiger partial charge in [-0.05, 0) is 32.0 Å². The van der Waals surface area contributed by atoms with Crippen LogP contribution in [-0.4, -0.2) is 23.5 Å². The van der Waals surface area contributed by atoms with Crippen molar-refractivity contribution >= 4 is 17.6 Å². The second-order valence-electron chi connectivity index (χ2n) is 4.57. The molecule has 0 amide bonds. The van der Waals surface area contributed by atoms with Gasteiger partial charge in [0, 0.05) is 17.5 Å². The number of carbonyl (C=O) groups excluding carboxylic acids is 1. The number of halogens is 1. The highest BCUT2D eigenvalue weighted by Gasteiger charge is 2.60. The van der Waals surface area contributed by atoms with Gasteiger partial charge in [-0.15, -0.1) is 0 Å². The molecule has 2 rings (SSSR count). The van der Waals surface area contributed by atoms with Crippen molar-refractivity contribution in [1.29, 1.82) is 0 Å². The van der Waals surface area contributed by atoms with Crippen molar-refractivity contribution in [2.45, 2.75) is 32.0 Å². The van der Waals surface area contributed by atoms with E-state index >= 15 is 0 Å². The zero-order valence-electron chi connectivity index (χ0n) is 10.5. The van der Waals surface area contributed by atoms with Gasteiger partial charge < -0.3 is 14.6 Å². The first-order valence-corrected chi connectivity index (χ1v) is 6.09. The largest absolute Gasteiger partial charge is 0.465 e. The first-order chi connectivity index (χ1) is 8.33. The molecule has 0 spiro atoms. The Labute approximate surface area is 110 Å². The van der Waals surface area contributed by atoms with Crippen LogP contribution in [0.25, 0.3) is 0 Å². The molecule has 1 heterocycles. The van der Waals surface area contributed by atoms with E-state index in [1.165, 1.54) is 6.92 Å². The summed E-state index contributed by atoms with van der Waals surface area (Å²) in [6, 6.07) is 4.90. The number of fused-ring (bicyclic) bond motifs is 1. The van der Waals surface area contributed by atoms with E-state index in [1.54, 1.807) is 32.0 Å².